The van der Waals surface area contributed by atoms with Gasteiger partial charge in [-0.1, -0.05) is 11.6 Å². The number of hydrogen-bond donors (Lipinski definition) is 0. The first-order valence-electron chi connectivity index (χ1n) is 3.40. The van der Waals surface area contributed by atoms with Crippen LogP contribution in [0.25, 0.3) is 0 Å². The van der Waals surface area contributed by atoms with Gasteiger partial charge in [0.05, 0.1) is 11.3 Å². The summed E-state index contributed by atoms with van der Waals surface area (Å²) in [6.45, 7) is 2.91. The Balaban J connectivity index is 3.47. The summed E-state index contributed by atoms with van der Waals surface area (Å²) < 4.78 is 49.6. The van der Waals surface area contributed by atoms with Gasteiger partial charge in [0.15, 0.2) is 0 Å². The molecule has 0 amide bonds. The monoisotopic (exact) mass is 225 g/mol. The predicted molar refractivity (Wildman–Crippen MR) is 45.6 cm³/mol. The molecule has 1 nitrogen and oxygen atoms in total. The third-order valence-corrected chi connectivity index (χ3v) is 1.89. The van der Waals surface area contributed by atoms with Crippen molar-refractivity contribution in [3.63, 3.8) is 0 Å². The van der Waals surface area contributed by atoms with E-state index < -0.39 is 28.3 Å². The summed E-state index contributed by atoms with van der Waals surface area (Å²) in [4.78, 5) is 3.06. The highest BCUT2D eigenvalue weighted by molar-refractivity contribution is 6.33. The van der Waals surface area contributed by atoms with E-state index in [0.717, 1.165) is 0 Å². The third kappa shape index (κ3) is 1.87. The van der Waals surface area contributed by atoms with Crippen LogP contribution in [0.15, 0.2) is 17.1 Å². The zero-order valence-corrected chi connectivity index (χ0v) is 7.45. The van der Waals surface area contributed by atoms with Gasteiger partial charge in [0, 0.05) is 0 Å². The maximum Gasteiger partial charge on any atom is 0.418 e. The molecule has 0 saturated carbocycles. The van der Waals surface area contributed by atoms with Crippen LogP contribution < -0.4 is 0 Å². The molecule has 0 aliphatic heterocycles. The lowest BCUT2D eigenvalue weighted by molar-refractivity contribution is -0.137. The van der Waals surface area contributed by atoms with Crippen molar-refractivity contribution in [3.8, 4) is 0 Å². The van der Waals surface area contributed by atoms with Crippen molar-refractivity contribution in [1.29, 1.82) is 0 Å². The molecule has 0 atom stereocenters. The maximum absolute atomic E-state index is 12.7. The summed E-state index contributed by atoms with van der Waals surface area (Å²) in [5, 5.41) is -0.671. The molecule has 0 aliphatic rings. The largest absolute Gasteiger partial charge is 0.418 e. The highest BCUT2D eigenvalue weighted by Crippen LogP contribution is 2.40. The fraction of sp³-hybridized carbons (Fsp3) is 0.125. The molecule has 0 aliphatic carbocycles. The lowest BCUT2D eigenvalue weighted by Gasteiger charge is -2.10. The van der Waals surface area contributed by atoms with Gasteiger partial charge < -0.3 is 0 Å². The summed E-state index contributed by atoms with van der Waals surface area (Å²) in [6.07, 6.45) is -4.62. The molecule has 76 valence electrons. The van der Waals surface area contributed by atoms with Gasteiger partial charge >= 0.3 is 6.18 Å². The minimum atomic E-state index is -4.62. The van der Waals surface area contributed by atoms with Crippen LogP contribution in [0.1, 0.15) is 5.56 Å². The van der Waals surface area contributed by atoms with E-state index in [1.54, 1.807) is 0 Å². The maximum atomic E-state index is 12.7. The number of halogens is 5. The van der Waals surface area contributed by atoms with Gasteiger partial charge in [-0.15, -0.1) is 0 Å². The molecule has 1 aromatic rings. The third-order valence-electron chi connectivity index (χ3n) is 1.53. The summed E-state index contributed by atoms with van der Waals surface area (Å²) in [5.41, 5.74) is -1.78. The van der Waals surface area contributed by atoms with Crippen LogP contribution >= 0.6 is 11.6 Å². The Morgan fingerprint density at radius 3 is 2.29 bits per heavy atom. The fourth-order valence-electron chi connectivity index (χ4n) is 0.923. The van der Waals surface area contributed by atoms with Crippen molar-refractivity contribution in [2.75, 3.05) is 0 Å². The molecular weight excluding hydrogens is 222 g/mol. The summed E-state index contributed by atoms with van der Waals surface area (Å²) in [5.74, 6) is -0.956. The molecule has 0 unspecified atom stereocenters. The van der Waals surface area contributed by atoms with E-state index in [4.69, 9.17) is 11.6 Å². The lowest BCUT2D eigenvalue weighted by atomic mass is 10.1. The number of benzene rings is 1. The fourth-order valence-corrected chi connectivity index (χ4v) is 1.15. The van der Waals surface area contributed by atoms with E-state index in [1.807, 2.05) is 0 Å². The topological polar surface area (TPSA) is 12.4 Å². The van der Waals surface area contributed by atoms with E-state index in [-0.39, 0.29) is 0 Å². The number of alkyl halides is 3. The average molecular weight is 226 g/mol. The quantitative estimate of drug-likeness (QED) is 0.509. The molecular formula is C8H4ClF4N. The second kappa shape index (κ2) is 3.57. The molecule has 14 heavy (non-hydrogen) atoms. The summed E-state index contributed by atoms with van der Waals surface area (Å²) in [6, 6.07) is 1.21. The van der Waals surface area contributed by atoms with Crippen molar-refractivity contribution in [3.05, 3.63) is 28.5 Å². The van der Waals surface area contributed by atoms with E-state index in [0.29, 0.717) is 12.1 Å². The van der Waals surface area contributed by atoms with Gasteiger partial charge in [0.25, 0.3) is 0 Å². The number of rotatable bonds is 1. The molecule has 0 spiro atoms. The smallest absolute Gasteiger partial charge is 0.262 e. The Hall–Kier alpha value is -1.10. The number of nitrogens with zero attached hydrogens (tertiary/aromatic N) is 1. The highest BCUT2D eigenvalue weighted by atomic mass is 35.5. The molecule has 0 radical (unpaired) electrons. The van der Waals surface area contributed by atoms with Crippen LogP contribution in [-0.2, 0) is 6.18 Å². The van der Waals surface area contributed by atoms with Crippen LogP contribution in [0.3, 0.4) is 0 Å². The first kappa shape index (κ1) is 11.0. The van der Waals surface area contributed by atoms with Crippen molar-refractivity contribution in [1.82, 2.24) is 0 Å². The van der Waals surface area contributed by atoms with Gasteiger partial charge in [-0.3, -0.25) is 4.99 Å². The van der Waals surface area contributed by atoms with Gasteiger partial charge in [-0.05, 0) is 18.9 Å². The van der Waals surface area contributed by atoms with E-state index in [2.05, 4.69) is 11.7 Å². The van der Waals surface area contributed by atoms with Crippen molar-refractivity contribution in [2.45, 2.75) is 6.18 Å². The van der Waals surface area contributed by atoms with Crippen LogP contribution in [0.5, 0.6) is 0 Å². The Bertz CT molecular complexity index is 372. The first-order valence-corrected chi connectivity index (χ1v) is 3.77. The predicted octanol–water partition coefficient (Wildman–Crippen LogP) is 3.83. The van der Waals surface area contributed by atoms with E-state index in [1.165, 1.54) is 0 Å². The second-order valence-corrected chi connectivity index (χ2v) is 2.79. The molecule has 1 rings (SSSR count). The summed E-state index contributed by atoms with van der Waals surface area (Å²) >= 11 is 5.30. The minimum absolute atomic E-state index is 0.575. The highest BCUT2D eigenvalue weighted by Gasteiger charge is 2.34. The Morgan fingerprint density at radius 1 is 1.29 bits per heavy atom. The molecule has 0 fully saturated rings. The number of hydrogen-bond acceptors (Lipinski definition) is 1. The SMILES string of the molecule is C=Nc1c(C(F)(F)F)ccc(F)c1Cl. The molecule has 0 bridgehead atoms. The minimum Gasteiger partial charge on any atom is -0.262 e. The Morgan fingerprint density at radius 2 is 1.86 bits per heavy atom. The van der Waals surface area contributed by atoms with Crippen molar-refractivity contribution < 1.29 is 17.6 Å². The second-order valence-electron chi connectivity index (χ2n) is 2.41. The molecule has 0 aromatic heterocycles. The van der Waals surface area contributed by atoms with Gasteiger partial charge in [-0.2, -0.15) is 13.2 Å². The first-order chi connectivity index (χ1) is 6.38. The van der Waals surface area contributed by atoms with E-state index >= 15 is 0 Å². The van der Waals surface area contributed by atoms with Crippen LogP contribution in [0, 0.1) is 5.82 Å². The zero-order valence-electron chi connectivity index (χ0n) is 6.70. The van der Waals surface area contributed by atoms with Crippen molar-refractivity contribution in [2.24, 2.45) is 4.99 Å². The van der Waals surface area contributed by atoms with Gasteiger partial charge in [0.1, 0.15) is 10.8 Å². The normalized spacial score (nSPS) is 11.5. The van der Waals surface area contributed by atoms with Crippen molar-refractivity contribution >= 4 is 24.0 Å². The Labute approximate surface area is 82.0 Å². The molecule has 0 N–H and O–H groups in total. The molecule has 0 saturated heterocycles. The van der Waals surface area contributed by atoms with Gasteiger partial charge in [0.2, 0.25) is 0 Å². The lowest BCUT2D eigenvalue weighted by Crippen LogP contribution is -2.05. The standard InChI is InChI=1S/C8H4ClF4N/c1-14-7-4(8(11,12)13)2-3-5(10)6(7)9/h2-3H,1H2. The number of aliphatic imine (C=N–C) groups is 1. The average Bonchev–Trinajstić information content (AvgIpc) is 2.07. The summed E-state index contributed by atoms with van der Waals surface area (Å²) in [7, 11) is 0. The Kier molecular flexibility index (Phi) is 2.80. The van der Waals surface area contributed by atoms with Crippen LogP contribution in [0.2, 0.25) is 5.02 Å². The van der Waals surface area contributed by atoms with Gasteiger partial charge in [-0.25, -0.2) is 4.39 Å². The molecule has 6 heteroatoms. The van der Waals surface area contributed by atoms with E-state index in [9.17, 15) is 17.6 Å². The molecule has 1 aromatic carbocycles. The van der Waals surface area contributed by atoms with Crippen LogP contribution in [-0.4, -0.2) is 6.72 Å². The van der Waals surface area contributed by atoms with Crippen LogP contribution in [0.4, 0.5) is 23.2 Å². The molecule has 0 heterocycles. The zero-order chi connectivity index (χ0) is 10.9.